The molecule has 0 radical (unpaired) electrons. The van der Waals surface area contributed by atoms with E-state index in [9.17, 15) is 0 Å². The van der Waals surface area contributed by atoms with Gasteiger partial charge in [-0.15, -0.1) is 0 Å². The van der Waals surface area contributed by atoms with Gasteiger partial charge < -0.3 is 5.32 Å². The van der Waals surface area contributed by atoms with Crippen molar-refractivity contribution in [2.75, 3.05) is 19.6 Å². The smallest absolute Gasteiger partial charge is 0.00702 e. The molecule has 20 heavy (non-hydrogen) atoms. The largest absolute Gasteiger partial charge is 0.314 e. The van der Waals surface area contributed by atoms with E-state index in [4.69, 9.17) is 0 Å². The summed E-state index contributed by atoms with van der Waals surface area (Å²) in [5.74, 6) is 0.894. The number of hydrogen-bond donors (Lipinski definition) is 1. The lowest BCUT2D eigenvalue weighted by molar-refractivity contribution is 0.118. The molecule has 1 aliphatic carbocycles. The molecular weight excluding hydrogens is 244 g/mol. The SMILES string of the molecule is CC1CC(C)N(CC2(CNC(C)C)CCCCCC2)C1. The topological polar surface area (TPSA) is 15.3 Å². The fourth-order valence-corrected chi connectivity index (χ4v) is 4.33. The van der Waals surface area contributed by atoms with Crippen molar-refractivity contribution in [1.82, 2.24) is 10.2 Å². The highest BCUT2D eigenvalue weighted by molar-refractivity contribution is 4.91. The van der Waals surface area contributed by atoms with Gasteiger partial charge in [0.2, 0.25) is 0 Å². The fraction of sp³-hybridized carbons (Fsp3) is 1.00. The molecule has 0 bridgehead atoms. The summed E-state index contributed by atoms with van der Waals surface area (Å²) < 4.78 is 0. The maximum Gasteiger partial charge on any atom is 0.00702 e. The summed E-state index contributed by atoms with van der Waals surface area (Å²) >= 11 is 0. The number of nitrogens with one attached hydrogen (secondary N) is 1. The first kappa shape index (κ1) is 16.3. The number of nitrogens with zero attached hydrogens (tertiary/aromatic N) is 1. The van der Waals surface area contributed by atoms with Crippen LogP contribution in [0, 0.1) is 11.3 Å². The fourth-order valence-electron chi connectivity index (χ4n) is 4.33. The molecule has 2 atom stereocenters. The van der Waals surface area contributed by atoms with Crippen LogP contribution in [0.2, 0.25) is 0 Å². The lowest BCUT2D eigenvalue weighted by atomic mass is 9.79. The molecule has 1 saturated heterocycles. The van der Waals surface area contributed by atoms with Crippen molar-refractivity contribution in [2.45, 2.75) is 84.7 Å². The average molecular weight is 280 g/mol. The van der Waals surface area contributed by atoms with Crippen LogP contribution in [0.15, 0.2) is 0 Å². The quantitative estimate of drug-likeness (QED) is 0.764. The van der Waals surface area contributed by atoms with Crippen LogP contribution in [-0.2, 0) is 0 Å². The summed E-state index contributed by atoms with van der Waals surface area (Å²) in [6, 6.07) is 1.41. The highest BCUT2D eigenvalue weighted by Gasteiger charge is 2.36. The van der Waals surface area contributed by atoms with Gasteiger partial charge in [0.25, 0.3) is 0 Å². The maximum absolute atomic E-state index is 3.76. The zero-order valence-corrected chi connectivity index (χ0v) is 14.3. The highest BCUT2D eigenvalue weighted by Crippen LogP contribution is 2.37. The Bertz CT molecular complexity index is 279. The lowest BCUT2D eigenvalue weighted by Gasteiger charge is -2.39. The van der Waals surface area contributed by atoms with Gasteiger partial charge >= 0.3 is 0 Å². The zero-order valence-electron chi connectivity index (χ0n) is 14.3. The second kappa shape index (κ2) is 7.26. The van der Waals surface area contributed by atoms with Crippen LogP contribution in [0.1, 0.15) is 72.6 Å². The molecule has 0 aromatic rings. The van der Waals surface area contributed by atoms with Gasteiger partial charge in [0, 0.05) is 31.7 Å². The predicted octanol–water partition coefficient (Wildman–Crippen LogP) is 4.06. The Kier molecular flexibility index (Phi) is 5.92. The van der Waals surface area contributed by atoms with E-state index in [0.717, 1.165) is 12.0 Å². The second-order valence-electron chi connectivity index (χ2n) is 8.07. The van der Waals surface area contributed by atoms with Gasteiger partial charge in [0.1, 0.15) is 0 Å². The molecule has 0 spiro atoms. The first-order valence-electron chi connectivity index (χ1n) is 8.98. The van der Waals surface area contributed by atoms with Crippen LogP contribution in [0.4, 0.5) is 0 Å². The van der Waals surface area contributed by atoms with Crippen molar-refractivity contribution in [2.24, 2.45) is 11.3 Å². The van der Waals surface area contributed by atoms with Crippen molar-refractivity contribution in [1.29, 1.82) is 0 Å². The summed E-state index contributed by atoms with van der Waals surface area (Å²) in [7, 11) is 0. The van der Waals surface area contributed by atoms with E-state index in [1.54, 1.807) is 0 Å². The Morgan fingerprint density at radius 1 is 1.10 bits per heavy atom. The van der Waals surface area contributed by atoms with Crippen LogP contribution >= 0.6 is 0 Å². The van der Waals surface area contributed by atoms with E-state index in [1.807, 2.05) is 0 Å². The summed E-state index contributed by atoms with van der Waals surface area (Å²) in [4.78, 5) is 2.79. The van der Waals surface area contributed by atoms with Gasteiger partial charge in [-0.1, -0.05) is 46.5 Å². The van der Waals surface area contributed by atoms with E-state index in [0.29, 0.717) is 11.5 Å². The van der Waals surface area contributed by atoms with Crippen molar-refractivity contribution < 1.29 is 0 Å². The molecule has 0 aromatic heterocycles. The molecule has 2 unspecified atom stereocenters. The Morgan fingerprint density at radius 3 is 2.25 bits per heavy atom. The molecule has 1 N–H and O–H groups in total. The Labute approximate surface area is 126 Å². The summed E-state index contributed by atoms with van der Waals surface area (Å²) in [6.07, 6.45) is 10.1. The molecule has 2 heteroatoms. The van der Waals surface area contributed by atoms with Crippen molar-refractivity contribution in [3.05, 3.63) is 0 Å². The third-order valence-electron chi connectivity index (χ3n) is 5.50. The highest BCUT2D eigenvalue weighted by atomic mass is 15.2. The zero-order chi connectivity index (χ0) is 14.6. The molecule has 1 heterocycles. The van der Waals surface area contributed by atoms with Crippen molar-refractivity contribution in [3.8, 4) is 0 Å². The normalized spacial score (nSPS) is 31.6. The van der Waals surface area contributed by atoms with E-state index >= 15 is 0 Å². The van der Waals surface area contributed by atoms with Crippen molar-refractivity contribution in [3.63, 3.8) is 0 Å². The van der Waals surface area contributed by atoms with E-state index in [-0.39, 0.29) is 0 Å². The first-order chi connectivity index (χ1) is 9.51. The molecule has 2 fully saturated rings. The Hall–Kier alpha value is -0.0800. The summed E-state index contributed by atoms with van der Waals surface area (Å²) in [5, 5.41) is 3.76. The van der Waals surface area contributed by atoms with E-state index in [2.05, 4.69) is 37.9 Å². The van der Waals surface area contributed by atoms with Gasteiger partial charge in [-0.3, -0.25) is 4.90 Å². The lowest BCUT2D eigenvalue weighted by Crippen LogP contribution is -2.46. The summed E-state index contributed by atoms with van der Waals surface area (Å²) in [5.41, 5.74) is 0.541. The molecule has 2 nitrogen and oxygen atoms in total. The minimum absolute atomic E-state index is 0.541. The Balaban J connectivity index is 2.01. The number of likely N-dealkylation sites (tertiary alicyclic amines) is 1. The van der Waals surface area contributed by atoms with E-state index < -0.39 is 0 Å². The monoisotopic (exact) mass is 280 g/mol. The molecule has 118 valence electrons. The number of rotatable bonds is 5. The molecule has 0 amide bonds. The van der Waals surface area contributed by atoms with Gasteiger partial charge in [0.05, 0.1) is 0 Å². The van der Waals surface area contributed by atoms with Gasteiger partial charge in [-0.25, -0.2) is 0 Å². The molecular formula is C18H36N2. The second-order valence-corrected chi connectivity index (χ2v) is 8.07. The van der Waals surface area contributed by atoms with Crippen LogP contribution in [0.25, 0.3) is 0 Å². The maximum atomic E-state index is 3.76. The van der Waals surface area contributed by atoms with Crippen LogP contribution in [0.5, 0.6) is 0 Å². The molecule has 1 aliphatic heterocycles. The van der Waals surface area contributed by atoms with Gasteiger partial charge in [-0.05, 0) is 37.5 Å². The van der Waals surface area contributed by atoms with Crippen LogP contribution < -0.4 is 5.32 Å². The van der Waals surface area contributed by atoms with E-state index in [1.165, 1.54) is 64.6 Å². The first-order valence-corrected chi connectivity index (χ1v) is 8.98. The molecule has 1 saturated carbocycles. The third-order valence-corrected chi connectivity index (χ3v) is 5.50. The van der Waals surface area contributed by atoms with Crippen LogP contribution in [-0.4, -0.2) is 36.6 Å². The third kappa shape index (κ3) is 4.46. The minimum Gasteiger partial charge on any atom is -0.314 e. The standard InChI is InChI=1S/C18H36N2/c1-15(2)19-13-18(9-7-5-6-8-10-18)14-20-12-16(3)11-17(20)4/h15-17,19H,5-14H2,1-4H3. The minimum atomic E-state index is 0.541. The molecule has 2 rings (SSSR count). The molecule has 2 aliphatic rings. The van der Waals surface area contributed by atoms with Crippen LogP contribution in [0.3, 0.4) is 0 Å². The predicted molar refractivity (Wildman–Crippen MR) is 88.1 cm³/mol. The number of hydrogen-bond acceptors (Lipinski definition) is 2. The average Bonchev–Trinajstić information content (AvgIpc) is 2.59. The van der Waals surface area contributed by atoms with Gasteiger partial charge in [0.15, 0.2) is 0 Å². The van der Waals surface area contributed by atoms with Crippen molar-refractivity contribution >= 4 is 0 Å². The summed E-state index contributed by atoms with van der Waals surface area (Å²) in [6.45, 7) is 13.3. The molecule has 0 aromatic carbocycles. The Morgan fingerprint density at radius 2 is 1.75 bits per heavy atom. The van der Waals surface area contributed by atoms with Gasteiger partial charge in [-0.2, -0.15) is 0 Å².